The topological polar surface area (TPSA) is 53.0 Å². The molecule has 0 unspecified atom stereocenters. The van der Waals surface area contributed by atoms with Crippen LogP contribution in [-0.4, -0.2) is 17.1 Å². The first-order valence-corrected chi connectivity index (χ1v) is 6.55. The number of halogens is 3. The zero-order valence-corrected chi connectivity index (χ0v) is 11.2. The number of fused-ring (bicyclic) bond motifs is 2. The summed E-state index contributed by atoms with van der Waals surface area (Å²) in [6.07, 6.45) is -5.19. The van der Waals surface area contributed by atoms with Crippen molar-refractivity contribution in [1.82, 2.24) is 4.98 Å². The van der Waals surface area contributed by atoms with Crippen LogP contribution in [0, 0.1) is 0 Å². The summed E-state index contributed by atoms with van der Waals surface area (Å²) in [5, 5.41) is 8.78. The predicted octanol–water partition coefficient (Wildman–Crippen LogP) is 3.03. The van der Waals surface area contributed by atoms with Gasteiger partial charge in [0.05, 0.1) is 0 Å². The van der Waals surface area contributed by atoms with Crippen LogP contribution in [0.3, 0.4) is 0 Å². The van der Waals surface area contributed by atoms with E-state index in [0.717, 1.165) is 11.0 Å². The molecule has 0 aliphatic rings. The first-order chi connectivity index (χ1) is 9.88. The number of hydrogen-bond acceptors (Lipinski definition) is 3. The van der Waals surface area contributed by atoms with Crippen LogP contribution < -0.4 is 5.11 Å². The molecule has 1 aromatic heterocycles. The maximum atomic E-state index is 10.5. The van der Waals surface area contributed by atoms with Gasteiger partial charge in [0.2, 0.25) is 11.3 Å². The number of benzene rings is 2. The van der Waals surface area contributed by atoms with Crippen LogP contribution in [0.4, 0.5) is 13.2 Å². The normalized spacial score (nSPS) is 11.0. The maximum Gasteiger partial charge on any atom is 0.430 e. The molecule has 21 heavy (non-hydrogen) atoms. The van der Waals surface area contributed by atoms with Crippen LogP contribution >= 0.6 is 11.3 Å². The minimum absolute atomic E-state index is 1.08. The van der Waals surface area contributed by atoms with Crippen molar-refractivity contribution in [2.45, 2.75) is 6.18 Å². The molecule has 108 valence electrons. The summed E-state index contributed by atoms with van der Waals surface area (Å²) < 4.78 is 34.0. The third-order valence-electron chi connectivity index (χ3n) is 2.42. The number of aliphatic carboxylic acids is 1. The molecule has 3 rings (SSSR count). The molecule has 0 aliphatic carbocycles. The van der Waals surface area contributed by atoms with Crippen molar-refractivity contribution in [3.63, 3.8) is 0 Å². The minimum Gasteiger partial charge on any atom is -0.542 e. The highest BCUT2D eigenvalue weighted by Gasteiger charge is 2.28. The quantitative estimate of drug-likeness (QED) is 0.474. The molecular formula is C14H8F3NO2S. The fraction of sp³-hybridized carbons (Fsp3) is 0.0714. The van der Waals surface area contributed by atoms with E-state index in [2.05, 4.69) is 41.4 Å². The molecular weight excluding hydrogens is 303 g/mol. The SMILES string of the molecule is O=C([O-])C(F)(F)F.c1ccc2[s+]c3ccccc3nc2c1. The summed E-state index contributed by atoms with van der Waals surface area (Å²) >= 11 is 1.79. The van der Waals surface area contributed by atoms with E-state index in [1.54, 1.807) is 11.3 Å². The highest BCUT2D eigenvalue weighted by Crippen LogP contribution is 2.24. The Bertz CT molecular complexity index is 685. The number of carbonyl (C=O) groups excluding carboxylic acids is 1. The largest absolute Gasteiger partial charge is 0.542 e. The van der Waals surface area contributed by atoms with E-state index in [4.69, 9.17) is 9.90 Å². The number of nitrogens with zero attached hydrogens (tertiary/aromatic N) is 1. The van der Waals surface area contributed by atoms with Crippen molar-refractivity contribution >= 4 is 37.7 Å². The van der Waals surface area contributed by atoms with Crippen LogP contribution in [-0.2, 0) is 4.79 Å². The van der Waals surface area contributed by atoms with E-state index >= 15 is 0 Å². The molecule has 0 amide bonds. The standard InChI is InChI=1S/C12H8NS.C2HF3O2/c1-3-7-11-9(5-1)13-10-6-2-4-8-12(10)14-11;3-2(4,5)1(6)7/h1-8H;(H,6,7)/q+1;/p-1. The molecule has 0 N–H and O–H groups in total. The van der Waals surface area contributed by atoms with Gasteiger partial charge in [-0.25, -0.2) is 4.98 Å². The smallest absolute Gasteiger partial charge is 0.430 e. The average molecular weight is 311 g/mol. The summed E-state index contributed by atoms with van der Waals surface area (Å²) in [6.45, 7) is 0. The van der Waals surface area contributed by atoms with E-state index in [1.807, 2.05) is 12.1 Å². The summed E-state index contributed by atoms with van der Waals surface area (Å²) in [7, 11) is 0. The van der Waals surface area contributed by atoms with Gasteiger partial charge >= 0.3 is 6.18 Å². The highest BCUT2D eigenvalue weighted by molar-refractivity contribution is 7.24. The number of carbonyl (C=O) groups is 1. The fourth-order valence-corrected chi connectivity index (χ4v) is 2.49. The van der Waals surface area contributed by atoms with Gasteiger partial charge in [0.1, 0.15) is 17.0 Å². The van der Waals surface area contributed by atoms with Crippen molar-refractivity contribution in [3.8, 4) is 0 Å². The molecule has 0 saturated heterocycles. The number of aromatic nitrogens is 1. The molecule has 0 spiro atoms. The van der Waals surface area contributed by atoms with Crippen molar-refractivity contribution in [2.75, 3.05) is 0 Å². The summed E-state index contributed by atoms with van der Waals surface area (Å²) in [4.78, 5) is 13.4. The Labute approximate surface area is 121 Å². The molecule has 0 radical (unpaired) electrons. The number of hydrogen-bond donors (Lipinski definition) is 0. The van der Waals surface area contributed by atoms with Gasteiger partial charge in [-0.15, -0.1) is 0 Å². The van der Waals surface area contributed by atoms with Gasteiger partial charge < -0.3 is 9.90 Å². The zero-order valence-electron chi connectivity index (χ0n) is 10.4. The van der Waals surface area contributed by atoms with Crippen LogP contribution in [0.15, 0.2) is 48.5 Å². The Morgan fingerprint density at radius 1 is 0.952 bits per heavy atom. The zero-order chi connectivity index (χ0) is 15.5. The molecule has 1 heterocycles. The molecule has 3 nitrogen and oxygen atoms in total. The average Bonchev–Trinajstić information content (AvgIpc) is 2.44. The van der Waals surface area contributed by atoms with Crippen LogP contribution in [0.25, 0.3) is 20.4 Å². The number of carboxylic acids is 1. The lowest BCUT2D eigenvalue weighted by Gasteiger charge is -2.03. The number of alkyl halides is 3. The second kappa shape index (κ2) is 6.01. The molecule has 3 aromatic rings. The molecule has 0 aliphatic heterocycles. The fourth-order valence-electron chi connectivity index (χ4n) is 1.52. The minimum atomic E-state index is -5.19. The molecule has 2 aromatic carbocycles. The van der Waals surface area contributed by atoms with Crippen molar-refractivity contribution in [1.29, 1.82) is 0 Å². The monoisotopic (exact) mass is 311 g/mol. The van der Waals surface area contributed by atoms with Crippen molar-refractivity contribution in [3.05, 3.63) is 48.5 Å². The third kappa shape index (κ3) is 3.85. The third-order valence-corrected chi connectivity index (χ3v) is 3.55. The lowest BCUT2D eigenvalue weighted by molar-refractivity contribution is -0.344. The van der Waals surface area contributed by atoms with Gasteiger partial charge in [-0.1, -0.05) is 24.3 Å². The molecule has 7 heteroatoms. The van der Waals surface area contributed by atoms with E-state index < -0.39 is 12.1 Å². The van der Waals surface area contributed by atoms with E-state index in [-0.39, 0.29) is 0 Å². The first kappa shape index (κ1) is 15.1. The summed E-state index contributed by atoms with van der Waals surface area (Å²) in [5.41, 5.74) is 2.16. The number of rotatable bonds is 0. The second-order valence-corrected chi connectivity index (χ2v) is 5.02. The lowest BCUT2D eigenvalue weighted by atomic mass is 10.3. The van der Waals surface area contributed by atoms with Crippen LogP contribution in [0.5, 0.6) is 0 Å². The highest BCUT2D eigenvalue weighted by atomic mass is 32.1. The predicted molar refractivity (Wildman–Crippen MR) is 72.6 cm³/mol. The Morgan fingerprint density at radius 3 is 1.71 bits per heavy atom. The first-order valence-electron chi connectivity index (χ1n) is 5.74. The Kier molecular flexibility index (Phi) is 4.32. The van der Waals surface area contributed by atoms with E-state index in [1.165, 1.54) is 9.40 Å². The molecule has 0 fully saturated rings. The summed E-state index contributed by atoms with van der Waals surface area (Å²) in [6, 6.07) is 16.5. The van der Waals surface area contributed by atoms with Crippen LogP contribution in [0.1, 0.15) is 0 Å². The molecule has 0 bridgehead atoms. The summed E-state index contributed by atoms with van der Waals surface area (Å²) in [5.74, 6) is -3.01. The van der Waals surface area contributed by atoms with Crippen molar-refractivity contribution in [2.24, 2.45) is 0 Å². The number of para-hydroxylation sites is 2. The van der Waals surface area contributed by atoms with Gasteiger partial charge in [-0.2, -0.15) is 13.2 Å². The Balaban J connectivity index is 0.000000199. The van der Waals surface area contributed by atoms with Crippen LogP contribution in [0.2, 0.25) is 0 Å². The molecule has 0 saturated carbocycles. The number of carboxylic acid groups (broad SMARTS) is 1. The van der Waals surface area contributed by atoms with Gasteiger partial charge in [-0.3, -0.25) is 0 Å². The van der Waals surface area contributed by atoms with Gasteiger partial charge in [-0.05, 0) is 12.1 Å². The Hall–Kier alpha value is -2.28. The lowest BCUT2D eigenvalue weighted by Crippen LogP contribution is -2.37. The van der Waals surface area contributed by atoms with E-state index in [0.29, 0.717) is 0 Å². The maximum absolute atomic E-state index is 10.5. The second-order valence-electron chi connectivity index (χ2n) is 3.93. The Morgan fingerprint density at radius 2 is 1.33 bits per heavy atom. The van der Waals surface area contributed by atoms with E-state index in [9.17, 15) is 13.2 Å². The van der Waals surface area contributed by atoms with Crippen molar-refractivity contribution < 1.29 is 23.1 Å². The van der Waals surface area contributed by atoms with Gasteiger partial charge in [0, 0.05) is 12.1 Å². The van der Waals surface area contributed by atoms with Gasteiger partial charge in [0.25, 0.3) is 9.40 Å². The molecule has 0 atom stereocenters. The van der Waals surface area contributed by atoms with Gasteiger partial charge in [0.15, 0.2) is 0 Å².